The highest BCUT2D eigenvalue weighted by molar-refractivity contribution is 5.74. The Bertz CT molecular complexity index is 1260. The summed E-state index contributed by atoms with van der Waals surface area (Å²) in [6.45, 7) is 6.22. The number of benzene rings is 2. The number of esters is 1. The Hall–Kier alpha value is -3.80. The number of nitrogens with one attached hydrogen (secondary N) is 1. The summed E-state index contributed by atoms with van der Waals surface area (Å²) in [6, 6.07) is 16.0. The molecular formula is C27H27N3O3. The minimum atomic E-state index is -0.524. The second kappa shape index (κ2) is 7.66. The van der Waals surface area contributed by atoms with E-state index >= 15 is 0 Å². The minimum Gasteiger partial charge on any atom is -0.460 e. The van der Waals surface area contributed by atoms with Gasteiger partial charge in [-0.05, 0) is 62.2 Å². The van der Waals surface area contributed by atoms with Crippen LogP contribution in [0.25, 0.3) is 11.1 Å². The number of nitrogens with zero attached hydrogens (tertiary/aromatic N) is 1. The Morgan fingerprint density at radius 1 is 1.12 bits per heavy atom. The molecule has 2 aliphatic rings. The number of carbonyl (C=O) groups excluding carboxylic acids is 1. The van der Waals surface area contributed by atoms with Crippen LogP contribution in [0, 0.1) is 0 Å². The second-order valence-corrected chi connectivity index (χ2v) is 9.57. The van der Waals surface area contributed by atoms with Crippen molar-refractivity contribution in [1.29, 1.82) is 0 Å². The number of aromatic nitrogens is 1. The zero-order valence-electron chi connectivity index (χ0n) is 19.0. The van der Waals surface area contributed by atoms with E-state index in [-0.39, 0.29) is 12.4 Å². The zero-order chi connectivity index (χ0) is 23.2. The summed E-state index contributed by atoms with van der Waals surface area (Å²) in [4.78, 5) is 16.7. The molecule has 0 amide bonds. The SMILES string of the molecule is CC(C)(C)OC(=O)Cc1ccc2c(c1)[C@]1(C=C(N)NC1)c1cc(-c3cccnc3)ccc1O2. The third-order valence-electron chi connectivity index (χ3n) is 5.94. The van der Waals surface area contributed by atoms with Crippen molar-refractivity contribution in [2.75, 3.05) is 6.54 Å². The van der Waals surface area contributed by atoms with E-state index in [2.05, 4.69) is 22.4 Å². The van der Waals surface area contributed by atoms with Gasteiger partial charge in [0.15, 0.2) is 0 Å². The molecule has 0 unspecified atom stereocenters. The van der Waals surface area contributed by atoms with Gasteiger partial charge in [-0.2, -0.15) is 0 Å². The number of ether oxygens (including phenoxy) is 2. The van der Waals surface area contributed by atoms with E-state index in [1.54, 1.807) is 6.20 Å². The van der Waals surface area contributed by atoms with Crippen LogP contribution < -0.4 is 15.8 Å². The highest BCUT2D eigenvalue weighted by Crippen LogP contribution is 2.51. The summed E-state index contributed by atoms with van der Waals surface area (Å²) in [6.07, 6.45) is 5.86. The topological polar surface area (TPSA) is 86.5 Å². The van der Waals surface area contributed by atoms with Crippen molar-refractivity contribution in [2.45, 2.75) is 38.2 Å². The van der Waals surface area contributed by atoms with Crippen molar-refractivity contribution in [2.24, 2.45) is 5.73 Å². The maximum absolute atomic E-state index is 12.5. The van der Waals surface area contributed by atoms with Crippen molar-refractivity contribution in [1.82, 2.24) is 10.3 Å². The monoisotopic (exact) mass is 441 g/mol. The maximum atomic E-state index is 12.5. The van der Waals surface area contributed by atoms with Crippen LogP contribution in [0.3, 0.4) is 0 Å². The number of fused-ring (bicyclic) bond motifs is 4. The smallest absolute Gasteiger partial charge is 0.310 e. The van der Waals surface area contributed by atoms with Gasteiger partial charge in [-0.1, -0.05) is 24.3 Å². The number of hydrogen-bond acceptors (Lipinski definition) is 6. The molecule has 1 atom stereocenters. The number of rotatable bonds is 3. The fourth-order valence-corrected chi connectivity index (χ4v) is 4.57. The van der Waals surface area contributed by atoms with Crippen LogP contribution in [0.2, 0.25) is 0 Å². The molecule has 0 aliphatic carbocycles. The Morgan fingerprint density at radius 3 is 2.55 bits per heavy atom. The molecule has 3 heterocycles. The molecule has 33 heavy (non-hydrogen) atoms. The molecule has 5 rings (SSSR count). The molecule has 0 radical (unpaired) electrons. The largest absolute Gasteiger partial charge is 0.460 e. The number of carbonyl (C=O) groups is 1. The van der Waals surface area contributed by atoms with Gasteiger partial charge in [-0.15, -0.1) is 0 Å². The lowest BCUT2D eigenvalue weighted by molar-refractivity contribution is -0.153. The van der Waals surface area contributed by atoms with Crippen LogP contribution in [0.1, 0.15) is 37.5 Å². The molecule has 6 nitrogen and oxygen atoms in total. The van der Waals surface area contributed by atoms with E-state index in [9.17, 15) is 4.79 Å². The predicted octanol–water partition coefficient (Wildman–Crippen LogP) is 4.43. The summed E-state index contributed by atoms with van der Waals surface area (Å²) in [7, 11) is 0. The normalized spacial score (nSPS) is 18.6. The first-order chi connectivity index (χ1) is 15.7. The predicted molar refractivity (Wildman–Crippen MR) is 127 cm³/mol. The van der Waals surface area contributed by atoms with Crippen molar-refractivity contribution in [3.63, 3.8) is 0 Å². The van der Waals surface area contributed by atoms with Gasteiger partial charge in [0.2, 0.25) is 0 Å². The second-order valence-electron chi connectivity index (χ2n) is 9.57. The van der Waals surface area contributed by atoms with Gasteiger partial charge < -0.3 is 20.5 Å². The number of nitrogens with two attached hydrogens (primary N) is 1. The molecule has 6 heteroatoms. The highest BCUT2D eigenvalue weighted by atomic mass is 16.6. The van der Waals surface area contributed by atoms with Crippen LogP contribution in [-0.2, 0) is 21.4 Å². The van der Waals surface area contributed by atoms with Gasteiger partial charge in [0.05, 0.1) is 17.7 Å². The highest BCUT2D eigenvalue weighted by Gasteiger charge is 2.44. The van der Waals surface area contributed by atoms with Crippen LogP contribution in [0.5, 0.6) is 11.5 Å². The summed E-state index contributed by atoms with van der Waals surface area (Å²) in [5, 5.41) is 3.29. The van der Waals surface area contributed by atoms with Crippen LogP contribution >= 0.6 is 0 Å². The molecule has 1 spiro atoms. The molecule has 0 saturated carbocycles. The van der Waals surface area contributed by atoms with Crippen molar-refractivity contribution >= 4 is 5.97 Å². The molecule has 3 N–H and O–H groups in total. The first-order valence-corrected chi connectivity index (χ1v) is 11.0. The summed E-state index contributed by atoms with van der Waals surface area (Å²) in [5.74, 6) is 1.92. The van der Waals surface area contributed by atoms with Crippen LogP contribution in [-0.4, -0.2) is 23.1 Å². The van der Waals surface area contributed by atoms with Crippen LogP contribution in [0.4, 0.5) is 0 Å². The summed E-state index contributed by atoms with van der Waals surface area (Å²) in [5.41, 5.74) is 10.1. The fourth-order valence-electron chi connectivity index (χ4n) is 4.57. The van der Waals surface area contributed by atoms with E-state index in [0.717, 1.165) is 39.3 Å². The summed E-state index contributed by atoms with van der Waals surface area (Å²) >= 11 is 0. The third-order valence-corrected chi connectivity index (χ3v) is 5.94. The van der Waals surface area contributed by atoms with E-state index < -0.39 is 11.0 Å². The van der Waals surface area contributed by atoms with E-state index in [0.29, 0.717) is 12.4 Å². The first-order valence-electron chi connectivity index (χ1n) is 11.0. The standard InChI is InChI=1S/C27H27N3O3/c1-26(2,3)33-25(31)12-17-6-8-22-20(11-17)27(14-24(28)30-16-27)21-13-18(7-9-23(21)32-22)19-5-4-10-29-15-19/h4-11,13-15,30H,12,16,28H2,1-3H3/t27-/m1/s1. The molecule has 0 fully saturated rings. The Morgan fingerprint density at radius 2 is 1.88 bits per heavy atom. The summed E-state index contributed by atoms with van der Waals surface area (Å²) < 4.78 is 11.8. The molecule has 2 aliphatic heterocycles. The molecule has 0 saturated heterocycles. The van der Waals surface area contributed by atoms with Gasteiger partial charge in [0.1, 0.15) is 17.1 Å². The molecule has 2 aromatic carbocycles. The van der Waals surface area contributed by atoms with Gasteiger partial charge in [0.25, 0.3) is 0 Å². The average molecular weight is 442 g/mol. The van der Waals surface area contributed by atoms with Crippen LogP contribution in [0.15, 0.2) is 72.8 Å². The van der Waals surface area contributed by atoms with Crippen molar-refractivity contribution in [3.8, 4) is 22.6 Å². The lowest BCUT2D eigenvalue weighted by Gasteiger charge is -2.36. The first kappa shape index (κ1) is 21.1. The van der Waals surface area contributed by atoms with Gasteiger partial charge in [0, 0.05) is 35.6 Å². The molecule has 1 aromatic heterocycles. The maximum Gasteiger partial charge on any atom is 0.310 e. The zero-order valence-corrected chi connectivity index (χ0v) is 19.0. The fraction of sp³-hybridized carbons (Fsp3) is 0.259. The molecular weight excluding hydrogens is 414 g/mol. The molecule has 0 bridgehead atoms. The number of pyridine rings is 1. The Kier molecular flexibility index (Phi) is 4.89. The molecule has 168 valence electrons. The van der Waals surface area contributed by atoms with E-state index in [1.807, 2.05) is 69.4 Å². The Labute approximate surface area is 193 Å². The Balaban J connectivity index is 1.59. The van der Waals surface area contributed by atoms with Gasteiger partial charge in [-0.25, -0.2) is 0 Å². The van der Waals surface area contributed by atoms with E-state index in [1.165, 1.54) is 0 Å². The average Bonchev–Trinajstić information content (AvgIpc) is 3.16. The van der Waals surface area contributed by atoms with Crippen molar-refractivity contribution in [3.05, 3.63) is 89.5 Å². The lowest BCUT2D eigenvalue weighted by atomic mass is 9.72. The quantitative estimate of drug-likeness (QED) is 0.585. The lowest BCUT2D eigenvalue weighted by Crippen LogP contribution is -2.34. The van der Waals surface area contributed by atoms with Crippen molar-refractivity contribution < 1.29 is 14.3 Å². The molecule has 3 aromatic rings. The minimum absolute atomic E-state index is 0.190. The number of hydrogen-bond donors (Lipinski definition) is 2. The van der Waals surface area contributed by atoms with E-state index in [4.69, 9.17) is 15.2 Å². The van der Waals surface area contributed by atoms with Gasteiger partial charge in [-0.3, -0.25) is 9.78 Å². The van der Waals surface area contributed by atoms with Gasteiger partial charge >= 0.3 is 5.97 Å². The third kappa shape index (κ3) is 3.93.